The number of amides is 1. The molecule has 0 unspecified atom stereocenters. The molecule has 0 aromatic rings. The molecule has 0 heterocycles. The highest BCUT2D eigenvalue weighted by atomic mass is 16.2. The molecule has 0 rings (SSSR count). The van der Waals surface area contributed by atoms with Crippen molar-refractivity contribution >= 4 is 12.2 Å². The van der Waals surface area contributed by atoms with Crippen molar-refractivity contribution in [3.05, 3.63) is 0 Å². The Morgan fingerprint density at radius 3 is 2.50 bits per heavy atom. The van der Waals surface area contributed by atoms with E-state index in [-0.39, 0.29) is 18.5 Å². The van der Waals surface area contributed by atoms with Crippen molar-refractivity contribution in [1.29, 1.82) is 0 Å². The molecule has 70 valence electrons. The molecule has 0 saturated heterocycles. The normalized spacial score (nSPS) is 12.7. The van der Waals surface area contributed by atoms with Gasteiger partial charge in [0.2, 0.25) is 5.91 Å². The number of hydrogen-bond acceptors (Lipinski definition) is 3. The van der Waals surface area contributed by atoms with E-state index in [1.807, 2.05) is 13.8 Å². The SMILES string of the molecule is CC(C)C[C@@H](C=O)NC(=O)CN. The summed E-state index contributed by atoms with van der Waals surface area (Å²) in [5.41, 5.74) is 5.08. The molecule has 4 heteroatoms. The zero-order chi connectivity index (χ0) is 9.56. The average Bonchev–Trinajstić information content (AvgIpc) is 2.02. The predicted octanol–water partition coefficient (Wildman–Crippen LogP) is -0.325. The first-order valence-corrected chi connectivity index (χ1v) is 4.04. The smallest absolute Gasteiger partial charge is 0.234 e. The molecule has 0 spiro atoms. The van der Waals surface area contributed by atoms with E-state index < -0.39 is 0 Å². The lowest BCUT2D eigenvalue weighted by Gasteiger charge is -2.13. The number of hydrogen-bond donors (Lipinski definition) is 2. The second-order valence-corrected chi connectivity index (χ2v) is 3.14. The van der Waals surface area contributed by atoms with Crippen LogP contribution < -0.4 is 11.1 Å². The van der Waals surface area contributed by atoms with E-state index in [0.717, 1.165) is 6.29 Å². The van der Waals surface area contributed by atoms with Crippen LogP contribution in [0, 0.1) is 5.92 Å². The number of nitrogens with one attached hydrogen (secondary N) is 1. The quantitative estimate of drug-likeness (QED) is 0.558. The summed E-state index contributed by atoms with van der Waals surface area (Å²) in [7, 11) is 0. The van der Waals surface area contributed by atoms with Crippen LogP contribution in [-0.2, 0) is 9.59 Å². The highest BCUT2D eigenvalue weighted by molar-refractivity contribution is 5.81. The summed E-state index contributed by atoms with van der Waals surface area (Å²) in [6.45, 7) is 3.92. The summed E-state index contributed by atoms with van der Waals surface area (Å²) in [6.07, 6.45) is 1.41. The molecule has 0 aliphatic heterocycles. The molecule has 3 N–H and O–H groups in total. The van der Waals surface area contributed by atoms with Crippen LogP contribution in [0.2, 0.25) is 0 Å². The van der Waals surface area contributed by atoms with Crippen molar-refractivity contribution in [3.63, 3.8) is 0 Å². The van der Waals surface area contributed by atoms with E-state index >= 15 is 0 Å². The molecule has 0 saturated carbocycles. The maximum atomic E-state index is 10.8. The Labute approximate surface area is 72.5 Å². The van der Waals surface area contributed by atoms with Gasteiger partial charge >= 0.3 is 0 Å². The third-order valence-corrected chi connectivity index (χ3v) is 1.42. The number of aldehydes is 1. The van der Waals surface area contributed by atoms with E-state index in [0.29, 0.717) is 12.3 Å². The van der Waals surface area contributed by atoms with Crippen LogP contribution in [-0.4, -0.2) is 24.8 Å². The standard InChI is InChI=1S/C8H16N2O2/c1-6(2)3-7(5-11)10-8(12)4-9/h5-7H,3-4,9H2,1-2H3,(H,10,12)/t7-/m0/s1. The molecule has 12 heavy (non-hydrogen) atoms. The molecule has 0 radical (unpaired) electrons. The summed E-state index contributed by atoms with van der Waals surface area (Å²) in [5, 5.41) is 2.52. The van der Waals surface area contributed by atoms with Gasteiger partial charge in [-0.05, 0) is 12.3 Å². The Morgan fingerprint density at radius 1 is 1.58 bits per heavy atom. The van der Waals surface area contributed by atoms with Crippen LogP contribution in [0.4, 0.5) is 0 Å². The summed E-state index contributed by atoms with van der Waals surface area (Å²) >= 11 is 0. The molecule has 0 bridgehead atoms. The molecule has 1 amide bonds. The molecular weight excluding hydrogens is 156 g/mol. The third-order valence-electron chi connectivity index (χ3n) is 1.42. The minimum Gasteiger partial charge on any atom is -0.345 e. The fourth-order valence-electron chi connectivity index (χ4n) is 0.922. The van der Waals surface area contributed by atoms with E-state index in [2.05, 4.69) is 5.32 Å². The zero-order valence-electron chi connectivity index (χ0n) is 7.54. The predicted molar refractivity (Wildman–Crippen MR) is 46.5 cm³/mol. The molecule has 1 atom stereocenters. The molecule has 0 aliphatic carbocycles. The first-order valence-electron chi connectivity index (χ1n) is 4.04. The minimum absolute atomic E-state index is 0.0670. The Hall–Kier alpha value is -0.900. The van der Waals surface area contributed by atoms with Crippen molar-refractivity contribution in [2.75, 3.05) is 6.54 Å². The fourth-order valence-corrected chi connectivity index (χ4v) is 0.922. The van der Waals surface area contributed by atoms with E-state index in [4.69, 9.17) is 5.73 Å². The van der Waals surface area contributed by atoms with Crippen LogP contribution in [0.15, 0.2) is 0 Å². The van der Waals surface area contributed by atoms with Crippen molar-refractivity contribution < 1.29 is 9.59 Å². The second-order valence-electron chi connectivity index (χ2n) is 3.14. The van der Waals surface area contributed by atoms with Crippen molar-refractivity contribution in [2.45, 2.75) is 26.3 Å². The summed E-state index contributed by atoms with van der Waals surface area (Å²) in [5.74, 6) is 0.103. The topological polar surface area (TPSA) is 72.2 Å². The minimum atomic E-state index is -0.388. The van der Waals surface area contributed by atoms with Gasteiger partial charge in [-0.15, -0.1) is 0 Å². The molecule has 0 fully saturated rings. The van der Waals surface area contributed by atoms with Gasteiger partial charge in [0.1, 0.15) is 6.29 Å². The van der Waals surface area contributed by atoms with Gasteiger partial charge in [-0.3, -0.25) is 4.79 Å². The van der Waals surface area contributed by atoms with Gasteiger partial charge in [0.05, 0.1) is 12.6 Å². The summed E-state index contributed by atoms with van der Waals surface area (Å²) < 4.78 is 0. The maximum absolute atomic E-state index is 10.8. The Kier molecular flexibility index (Phi) is 5.28. The first-order chi connectivity index (χ1) is 5.60. The lowest BCUT2D eigenvalue weighted by Crippen LogP contribution is -2.40. The molecule has 0 aromatic heterocycles. The van der Waals surface area contributed by atoms with Gasteiger partial charge in [-0.2, -0.15) is 0 Å². The summed E-state index contributed by atoms with van der Waals surface area (Å²) in [6, 6.07) is -0.388. The monoisotopic (exact) mass is 172 g/mol. The largest absolute Gasteiger partial charge is 0.345 e. The molecule has 0 aliphatic rings. The van der Waals surface area contributed by atoms with Crippen LogP contribution in [0.25, 0.3) is 0 Å². The number of carbonyl (C=O) groups is 2. The van der Waals surface area contributed by atoms with Crippen molar-refractivity contribution in [3.8, 4) is 0 Å². The van der Waals surface area contributed by atoms with Gasteiger partial charge < -0.3 is 15.8 Å². The van der Waals surface area contributed by atoms with Gasteiger partial charge in [0, 0.05) is 0 Å². The Bertz CT molecular complexity index is 157. The fraction of sp³-hybridized carbons (Fsp3) is 0.750. The maximum Gasteiger partial charge on any atom is 0.234 e. The lowest BCUT2D eigenvalue weighted by atomic mass is 10.1. The van der Waals surface area contributed by atoms with E-state index in [9.17, 15) is 9.59 Å². The summed E-state index contributed by atoms with van der Waals surface area (Å²) in [4.78, 5) is 21.2. The van der Waals surface area contributed by atoms with E-state index in [1.54, 1.807) is 0 Å². The molecule has 0 aromatic carbocycles. The Balaban J connectivity index is 3.82. The van der Waals surface area contributed by atoms with Gasteiger partial charge in [-0.1, -0.05) is 13.8 Å². The van der Waals surface area contributed by atoms with E-state index in [1.165, 1.54) is 0 Å². The molecular formula is C8H16N2O2. The van der Waals surface area contributed by atoms with Crippen molar-refractivity contribution in [1.82, 2.24) is 5.32 Å². The number of nitrogens with two attached hydrogens (primary N) is 1. The lowest BCUT2D eigenvalue weighted by molar-refractivity contribution is -0.123. The average molecular weight is 172 g/mol. The van der Waals surface area contributed by atoms with Crippen LogP contribution in [0.5, 0.6) is 0 Å². The van der Waals surface area contributed by atoms with Gasteiger partial charge in [0.15, 0.2) is 0 Å². The highest BCUT2D eigenvalue weighted by Gasteiger charge is 2.11. The number of carbonyl (C=O) groups excluding carboxylic acids is 2. The molecule has 4 nitrogen and oxygen atoms in total. The van der Waals surface area contributed by atoms with Crippen LogP contribution >= 0.6 is 0 Å². The van der Waals surface area contributed by atoms with Crippen molar-refractivity contribution in [2.24, 2.45) is 11.7 Å². The third kappa shape index (κ3) is 4.85. The van der Waals surface area contributed by atoms with Gasteiger partial charge in [0.25, 0.3) is 0 Å². The second kappa shape index (κ2) is 5.71. The van der Waals surface area contributed by atoms with Crippen LogP contribution in [0.3, 0.4) is 0 Å². The highest BCUT2D eigenvalue weighted by Crippen LogP contribution is 2.02. The van der Waals surface area contributed by atoms with Gasteiger partial charge in [-0.25, -0.2) is 0 Å². The van der Waals surface area contributed by atoms with Crippen LogP contribution in [0.1, 0.15) is 20.3 Å². The first kappa shape index (κ1) is 11.1. The zero-order valence-corrected chi connectivity index (χ0v) is 7.54. The number of rotatable bonds is 5. The Morgan fingerprint density at radius 2 is 2.17 bits per heavy atom.